The number of hydrogen-bond donors (Lipinski definition) is 1. The van der Waals surface area contributed by atoms with Crippen molar-refractivity contribution in [2.75, 3.05) is 36.4 Å². The second kappa shape index (κ2) is 10.7. The highest BCUT2D eigenvalue weighted by Gasteiger charge is 2.32. The molecular weight excluding hydrogens is 497 g/mol. The van der Waals surface area contributed by atoms with Crippen LogP contribution in [0.25, 0.3) is 22.4 Å². The van der Waals surface area contributed by atoms with Gasteiger partial charge in [-0.1, -0.05) is 42.4 Å². The number of carbonyl (C=O) groups is 1. The zero-order valence-corrected chi connectivity index (χ0v) is 20.8. The molecule has 4 aromatic rings. The van der Waals surface area contributed by atoms with Crippen molar-refractivity contribution in [2.24, 2.45) is 0 Å². The Morgan fingerprint density at radius 3 is 2.61 bits per heavy atom. The van der Waals surface area contributed by atoms with Gasteiger partial charge in [0.25, 0.3) is 5.71 Å². The highest BCUT2D eigenvalue weighted by Crippen LogP contribution is 2.37. The molecule has 2 aromatic heterocycles. The number of nitrogens with one attached hydrogen (secondary N) is 1. The number of alkyl halides is 3. The zero-order chi connectivity index (χ0) is 26.7. The van der Waals surface area contributed by atoms with Crippen LogP contribution in [0.1, 0.15) is 31.2 Å². The molecule has 0 radical (unpaired) electrons. The molecule has 1 saturated heterocycles. The molecule has 0 bridgehead atoms. The van der Waals surface area contributed by atoms with Gasteiger partial charge in [-0.3, -0.25) is 0 Å². The Kier molecular flexibility index (Phi) is 7.17. The summed E-state index contributed by atoms with van der Waals surface area (Å²) >= 11 is 0. The Morgan fingerprint density at radius 1 is 1.03 bits per heavy atom. The largest absolute Gasteiger partial charge is 0.416 e. The minimum atomic E-state index is -4.49. The Hall–Kier alpha value is -4.15. The predicted molar refractivity (Wildman–Crippen MR) is 138 cm³/mol. The Balaban J connectivity index is 1.47. The molecule has 11 heteroatoms. The van der Waals surface area contributed by atoms with Crippen LogP contribution in [-0.4, -0.2) is 52.2 Å². The number of rotatable bonds is 5. The number of benzene rings is 2. The van der Waals surface area contributed by atoms with Crippen LogP contribution in [0.2, 0.25) is 0 Å². The summed E-state index contributed by atoms with van der Waals surface area (Å²) < 4.78 is 45.7. The Bertz CT molecular complexity index is 1420. The van der Waals surface area contributed by atoms with Crippen molar-refractivity contribution < 1.29 is 22.5 Å². The topological polar surface area (TPSA) is 87.4 Å². The molecule has 1 N–H and O–H groups in total. The minimum Gasteiger partial charge on any atom is -0.354 e. The van der Waals surface area contributed by atoms with Gasteiger partial charge in [0.1, 0.15) is 22.7 Å². The lowest BCUT2D eigenvalue weighted by molar-refractivity contribution is -0.137. The first-order valence-electron chi connectivity index (χ1n) is 12.5. The number of urea groups is 1. The normalized spacial score (nSPS) is 14.5. The number of para-hydroxylation sites is 1. The summed E-state index contributed by atoms with van der Waals surface area (Å²) in [6.45, 7) is 4.08. The van der Waals surface area contributed by atoms with Gasteiger partial charge in [-0.25, -0.2) is 9.78 Å². The maximum atomic E-state index is 13.4. The van der Waals surface area contributed by atoms with Gasteiger partial charge in [-0.15, -0.1) is 0 Å². The third-order valence-corrected chi connectivity index (χ3v) is 6.41. The van der Waals surface area contributed by atoms with Gasteiger partial charge < -0.3 is 19.6 Å². The number of carbonyl (C=O) groups excluding carboxylic acids is 1. The van der Waals surface area contributed by atoms with E-state index in [-0.39, 0.29) is 23.0 Å². The minimum absolute atomic E-state index is 0.188. The summed E-state index contributed by atoms with van der Waals surface area (Å²) in [4.78, 5) is 25.9. The van der Waals surface area contributed by atoms with Crippen molar-refractivity contribution >= 4 is 28.6 Å². The molecule has 0 atom stereocenters. The van der Waals surface area contributed by atoms with E-state index in [4.69, 9.17) is 9.51 Å². The maximum absolute atomic E-state index is 13.4. The van der Waals surface area contributed by atoms with Crippen molar-refractivity contribution in [1.29, 1.82) is 0 Å². The van der Waals surface area contributed by atoms with E-state index >= 15 is 0 Å². The molecule has 2 amide bonds. The summed E-state index contributed by atoms with van der Waals surface area (Å²) in [5.41, 5.74) is 0.702. The van der Waals surface area contributed by atoms with Crippen molar-refractivity contribution in [2.45, 2.75) is 32.4 Å². The van der Waals surface area contributed by atoms with Crippen LogP contribution in [0.4, 0.5) is 29.5 Å². The fourth-order valence-electron chi connectivity index (χ4n) is 4.54. The van der Waals surface area contributed by atoms with Gasteiger partial charge in [-0.2, -0.15) is 18.2 Å². The third kappa shape index (κ3) is 5.41. The first-order chi connectivity index (χ1) is 18.3. The summed E-state index contributed by atoms with van der Waals surface area (Å²) in [5, 5.41) is 7.50. The highest BCUT2D eigenvalue weighted by molar-refractivity contribution is 5.98. The Labute approximate surface area is 217 Å². The number of halogens is 3. The van der Waals surface area contributed by atoms with Crippen LogP contribution in [-0.2, 0) is 12.6 Å². The molecule has 1 aliphatic heterocycles. The third-order valence-electron chi connectivity index (χ3n) is 6.41. The molecule has 0 unspecified atom stereocenters. The first-order valence-corrected chi connectivity index (χ1v) is 12.5. The predicted octanol–water partition coefficient (Wildman–Crippen LogP) is 6.00. The molecule has 1 aliphatic rings. The summed E-state index contributed by atoms with van der Waals surface area (Å²) in [6, 6.07) is 14.1. The lowest BCUT2D eigenvalue weighted by Crippen LogP contribution is -2.38. The molecule has 0 aliphatic carbocycles. The van der Waals surface area contributed by atoms with E-state index in [1.54, 1.807) is 11.0 Å². The number of fused-ring (bicyclic) bond motifs is 1. The molecule has 198 valence electrons. The van der Waals surface area contributed by atoms with Crippen LogP contribution in [0, 0.1) is 0 Å². The van der Waals surface area contributed by atoms with Crippen LogP contribution >= 0.6 is 0 Å². The fourth-order valence-corrected chi connectivity index (χ4v) is 4.54. The summed E-state index contributed by atoms with van der Waals surface area (Å²) in [6.07, 6.45) is -2.38. The van der Waals surface area contributed by atoms with E-state index in [1.807, 2.05) is 42.2 Å². The first kappa shape index (κ1) is 25.5. The number of nitrogens with zero attached hydrogens (tertiary/aromatic N) is 5. The highest BCUT2D eigenvalue weighted by atomic mass is 19.4. The lowest BCUT2D eigenvalue weighted by atomic mass is 10.1. The number of amides is 2. The molecular formula is C27H27F3N6O2. The monoisotopic (exact) mass is 524 g/mol. The number of hydrogen-bond acceptors (Lipinski definition) is 6. The maximum Gasteiger partial charge on any atom is 0.416 e. The van der Waals surface area contributed by atoms with E-state index in [0.717, 1.165) is 24.2 Å². The van der Waals surface area contributed by atoms with Gasteiger partial charge in [0.05, 0.1) is 5.56 Å². The van der Waals surface area contributed by atoms with Gasteiger partial charge in [-0.05, 0) is 37.1 Å². The smallest absolute Gasteiger partial charge is 0.354 e. The van der Waals surface area contributed by atoms with E-state index < -0.39 is 11.7 Å². The van der Waals surface area contributed by atoms with Crippen LogP contribution < -0.4 is 10.2 Å². The van der Waals surface area contributed by atoms with Gasteiger partial charge in [0, 0.05) is 43.9 Å². The molecule has 0 saturated carbocycles. The SMILES string of the molecule is CCCc1nc(N2CCCN(C(=O)Nc3ccccc3)CC2)c2c(-c3cccc(C(F)(F)F)c3)noc2n1. The summed E-state index contributed by atoms with van der Waals surface area (Å²) in [7, 11) is 0. The van der Waals surface area contributed by atoms with Crippen LogP contribution in [0.3, 0.4) is 0 Å². The molecule has 38 heavy (non-hydrogen) atoms. The number of aryl methyl sites for hydroxylation is 1. The second-order valence-electron chi connectivity index (χ2n) is 9.13. The van der Waals surface area contributed by atoms with Gasteiger partial charge in [0.15, 0.2) is 0 Å². The van der Waals surface area contributed by atoms with E-state index in [0.29, 0.717) is 56.0 Å². The number of anilines is 2. The molecule has 2 aromatic carbocycles. The van der Waals surface area contributed by atoms with Crippen LogP contribution in [0.15, 0.2) is 59.1 Å². The van der Waals surface area contributed by atoms with Crippen molar-refractivity contribution in [3.05, 3.63) is 66.0 Å². The van der Waals surface area contributed by atoms with E-state index in [2.05, 4.69) is 15.5 Å². The van der Waals surface area contributed by atoms with Crippen molar-refractivity contribution in [1.82, 2.24) is 20.0 Å². The average Bonchev–Trinajstić information content (AvgIpc) is 3.17. The standard InChI is InChI=1S/C27H27F3N6O2/c1-2-8-21-32-24(35-13-7-14-36(16-15-35)26(37)31-20-11-4-3-5-12-20)22-23(34-38-25(22)33-21)18-9-6-10-19(17-18)27(28,29)30/h3-6,9-12,17H,2,7-8,13-16H2,1H3,(H,31,37). The van der Waals surface area contributed by atoms with Gasteiger partial charge >= 0.3 is 12.2 Å². The van der Waals surface area contributed by atoms with Crippen LogP contribution in [0.5, 0.6) is 0 Å². The van der Waals surface area contributed by atoms with Gasteiger partial charge in [0.2, 0.25) is 0 Å². The zero-order valence-electron chi connectivity index (χ0n) is 20.8. The molecule has 3 heterocycles. The quantitative estimate of drug-likeness (QED) is 0.345. The fraction of sp³-hybridized carbons (Fsp3) is 0.333. The second-order valence-corrected chi connectivity index (χ2v) is 9.13. The molecule has 5 rings (SSSR count). The molecule has 1 fully saturated rings. The molecule has 8 nitrogen and oxygen atoms in total. The lowest BCUT2D eigenvalue weighted by Gasteiger charge is -2.24. The average molecular weight is 525 g/mol. The molecule has 0 spiro atoms. The number of aromatic nitrogens is 3. The Morgan fingerprint density at radius 2 is 1.84 bits per heavy atom. The van der Waals surface area contributed by atoms with E-state index in [9.17, 15) is 18.0 Å². The van der Waals surface area contributed by atoms with Crippen molar-refractivity contribution in [3.8, 4) is 11.3 Å². The summed E-state index contributed by atoms with van der Waals surface area (Å²) in [5.74, 6) is 1.13. The van der Waals surface area contributed by atoms with E-state index in [1.165, 1.54) is 6.07 Å². The van der Waals surface area contributed by atoms with Crippen molar-refractivity contribution in [3.63, 3.8) is 0 Å².